The molecule has 1 rings (SSSR count). The first kappa shape index (κ1) is 12.0. The molecule has 1 heteroatoms. The maximum Gasteiger partial charge on any atom is 0.0155 e. The normalized spacial score (nSPS) is 19.5. The molecule has 0 spiro atoms. The zero-order valence-electron chi connectivity index (χ0n) is 10.4. The van der Waals surface area contributed by atoms with Gasteiger partial charge in [0, 0.05) is 11.6 Å². The van der Waals surface area contributed by atoms with Crippen molar-refractivity contribution in [2.45, 2.75) is 77.8 Å². The molecule has 0 saturated heterocycles. The van der Waals surface area contributed by atoms with E-state index in [1.54, 1.807) is 0 Å². The smallest absolute Gasteiger partial charge is 0.0155 e. The Kier molecular flexibility index (Phi) is 4.43. The molecule has 0 aromatic carbocycles. The topological polar surface area (TPSA) is 12.0 Å². The molecule has 0 unspecified atom stereocenters. The molecule has 0 atom stereocenters. The third kappa shape index (κ3) is 2.98. The van der Waals surface area contributed by atoms with Crippen molar-refractivity contribution in [1.82, 2.24) is 5.32 Å². The monoisotopic (exact) mass is 197 g/mol. The van der Waals surface area contributed by atoms with E-state index < -0.39 is 0 Å². The van der Waals surface area contributed by atoms with Gasteiger partial charge >= 0.3 is 0 Å². The van der Waals surface area contributed by atoms with E-state index in [-0.39, 0.29) is 0 Å². The standard InChI is InChI=1S/C13H27N/c1-5-12(6-2)14-13(3,4)11-9-7-8-10-11/h11-12,14H,5-10H2,1-4H3. The van der Waals surface area contributed by atoms with Gasteiger partial charge in [-0.05, 0) is 45.4 Å². The van der Waals surface area contributed by atoms with Crippen molar-refractivity contribution in [1.29, 1.82) is 0 Å². The van der Waals surface area contributed by atoms with Crippen molar-refractivity contribution < 1.29 is 0 Å². The lowest BCUT2D eigenvalue weighted by atomic mass is 9.85. The lowest BCUT2D eigenvalue weighted by Gasteiger charge is -2.36. The minimum atomic E-state index is 0.354. The van der Waals surface area contributed by atoms with Crippen LogP contribution in [0.2, 0.25) is 0 Å². The molecule has 84 valence electrons. The number of nitrogens with one attached hydrogen (secondary N) is 1. The van der Waals surface area contributed by atoms with Crippen LogP contribution in [0.3, 0.4) is 0 Å². The summed E-state index contributed by atoms with van der Waals surface area (Å²) in [4.78, 5) is 0. The molecular formula is C13H27N. The van der Waals surface area contributed by atoms with Gasteiger partial charge in [-0.2, -0.15) is 0 Å². The summed E-state index contributed by atoms with van der Waals surface area (Å²) in [5.41, 5.74) is 0.354. The minimum absolute atomic E-state index is 0.354. The van der Waals surface area contributed by atoms with Gasteiger partial charge in [0.15, 0.2) is 0 Å². The molecule has 0 aromatic heterocycles. The van der Waals surface area contributed by atoms with Gasteiger partial charge in [-0.25, -0.2) is 0 Å². The average molecular weight is 197 g/mol. The Balaban J connectivity index is 2.46. The SMILES string of the molecule is CCC(CC)NC(C)(C)C1CCCC1. The second-order valence-corrected chi connectivity index (χ2v) is 5.36. The Morgan fingerprint density at radius 1 is 1.14 bits per heavy atom. The predicted molar refractivity (Wildman–Crippen MR) is 63.5 cm³/mol. The molecule has 1 nitrogen and oxygen atoms in total. The van der Waals surface area contributed by atoms with Crippen molar-refractivity contribution in [3.8, 4) is 0 Å². The Bertz CT molecular complexity index is 153. The predicted octanol–water partition coefficient (Wildman–Crippen LogP) is 3.73. The minimum Gasteiger partial charge on any atom is -0.309 e. The summed E-state index contributed by atoms with van der Waals surface area (Å²) >= 11 is 0. The summed E-state index contributed by atoms with van der Waals surface area (Å²) in [7, 11) is 0. The van der Waals surface area contributed by atoms with Crippen molar-refractivity contribution in [2.24, 2.45) is 5.92 Å². The zero-order chi connectivity index (χ0) is 10.6. The van der Waals surface area contributed by atoms with E-state index in [2.05, 4.69) is 33.0 Å². The van der Waals surface area contributed by atoms with Crippen LogP contribution in [0.1, 0.15) is 66.2 Å². The van der Waals surface area contributed by atoms with E-state index in [0.29, 0.717) is 11.6 Å². The van der Waals surface area contributed by atoms with Crippen molar-refractivity contribution >= 4 is 0 Å². The van der Waals surface area contributed by atoms with E-state index in [1.165, 1.54) is 38.5 Å². The number of rotatable bonds is 5. The first-order valence-corrected chi connectivity index (χ1v) is 6.37. The van der Waals surface area contributed by atoms with E-state index in [4.69, 9.17) is 0 Å². The van der Waals surface area contributed by atoms with Gasteiger partial charge in [-0.1, -0.05) is 26.7 Å². The number of hydrogen-bond acceptors (Lipinski definition) is 1. The molecule has 0 bridgehead atoms. The molecule has 1 aliphatic carbocycles. The summed E-state index contributed by atoms with van der Waals surface area (Å²) in [6.07, 6.45) is 8.26. The Hall–Kier alpha value is -0.0400. The van der Waals surface area contributed by atoms with Crippen molar-refractivity contribution in [3.05, 3.63) is 0 Å². The van der Waals surface area contributed by atoms with E-state index in [1.807, 2.05) is 0 Å². The van der Waals surface area contributed by atoms with Crippen LogP contribution < -0.4 is 5.32 Å². The fourth-order valence-corrected chi connectivity index (χ4v) is 2.78. The molecule has 1 aliphatic rings. The van der Waals surface area contributed by atoms with Crippen LogP contribution in [0.15, 0.2) is 0 Å². The molecule has 1 saturated carbocycles. The molecular weight excluding hydrogens is 170 g/mol. The molecule has 0 aromatic rings. The van der Waals surface area contributed by atoms with Crippen molar-refractivity contribution in [3.63, 3.8) is 0 Å². The van der Waals surface area contributed by atoms with Gasteiger partial charge in [-0.3, -0.25) is 0 Å². The Labute approximate surface area is 89.7 Å². The quantitative estimate of drug-likeness (QED) is 0.708. The van der Waals surface area contributed by atoms with Crippen LogP contribution in [0.25, 0.3) is 0 Å². The lowest BCUT2D eigenvalue weighted by molar-refractivity contribution is 0.223. The van der Waals surface area contributed by atoms with Crippen LogP contribution >= 0.6 is 0 Å². The van der Waals surface area contributed by atoms with E-state index in [9.17, 15) is 0 Å². The van der Waals surface area contributed by atoms with Gasteiger partial charge in [-0.15, -0.1) is 0 Å². The highest BCUT2D eigenvalue weighted by atomic mass is 15.0. The second-order valence-electron chi connectivity index (χ2n) is 5.36. The van der Waals surface area contributed by atoms with Gasteiger partial charge in [0.05, 0.1) is 0 Å². The van der Waals surface area contributed by atoms with Crippen LogP contribution in [-0.2, 0) is 0 Å². The lowest BCUT2D eigenvalue weighted by Crippen LogP contribution is -2.50. The van der Waals surface area contributed by atoms with E-state index >= 15 is 0 Å². The molecule has 0 amide bonds. The van der Waals surface area contributed by atoms with Crippen molar-refractivity contribution in [2.75, 3.05) is 0 Å². The molecule has 0 heterocycles. The zero-order valence-corrected chi connectivity index (χ0v) is 10.4. The van der Waals surface area contributed by atoms with Crippen LogP contribution in [0.5, 0.6) is 0 Å². The maximum atomic E-state index is 3.83. The highest BCUT2D eigenvalue weighted by Gasteiger charge is 2.32. The summed E-state index contributed by atoms with van der Waals surface area (Å²) in [5, 5.41) is 3.83. The first-order chi connectivity index (χ1) is 6.60. The van der Waals surface area contributed by atoms with Gasteiger partial charge < -0.3 is 5.32 Å². The average Bonchev–Trinajstić information content (AvgIpc) is 2.67. The van der Waals surface area contributed by atoms with Gasteiger partial charge in [0.1, 0.15) is 0 Å². The third-order valence-corrected chi connectivity index (χ3v) is 3.94. The molecule has 0 aliphatic heterocycles. The van der Waals surface area contributed by atoms with Crippen LogP contribution in [-0.4, -0.2) is 11.6 Å². The summed E-state index contributed by atoms with van der Waals surface area (Å²) in [6.45, 7) is 9.35. The fraction of sp³-hybridized carbons (Fsp3) is 1.00. The first-order valence-electron chi connectivity index (χ1n) is 6.37. The molecule has 0 radical (unpaired) electrons. The highest BCUT2D eigenvalue weighted by Crippen LogP contribution is 2.34. The number of hydrogen-bond donors (Lipinski definition) is 1. The third-order valence-electron chi connectivity index (χ3n) is 3.94. The van der Waals surface area contributed by atoms with Crippen LogP contribution in [0.4, 0.5) is 0 Å². The Morgan fingerprint density at radius 3 is 2.07 bits per heavy atom. The maximum absolute atomic E-state index is 3.83. The second kappa shape index (κ2) is 5.16. The van der Waals surface area contributed by atoms with Gasteiger partial charge in [0.25, 0.3) is 0 Å². The summed E-state index contributed by atoms with van der Waals surface area (Å²) in [5.74, 6) is 0.906. The van der Waals surface area contributed by atoms with Gasteiger partial charge in [0.2, 0.25) is 0 Å². The Morgan fingerprint density at radius 2 is 1.64 bits per heavy atom. The largest absolute Gasteiger partial charge is 0.309 e. The van der Waals surface area contributed by atoms with E-state index in [0.717, 1.165) is 5.92 Å². The summed E-state index contributed by atoms with van der Waals surface area (Å²) in [6, 6.07) is 0.714. The molecule has 1 fully saturated rings. The molecule has 14 heavy (non-hydrogen) atoms. The van der Waals surface area contributed by atoms with Crippen LogP contribution in [0, 0.1) is 5.92 Å². The fourth-order valence-electron chi connectivity index (χ4n) is 2.78. The molecule has 1 N–H and O–H groups in total. The summed E-state index contributed by atoms with van der Waals surface area (Å²) < 4.78 is 0. The highest BCUT2D eigenvalue weighted by molar-refractivity contribution is 4.90.